The molecule has 2 rings (SSSR count). The molecule has 0 spiro atoms. The predicted molar refractivity (Wildman–Crippen MR) is 73.6 cm³/mol. The van der Waals surface area contributed by atoms with Crippen molar-refractivity contribution in [3.63, 3.8) is 0 Å². The molecule has 2 aromatic heterocycles. The first-order valence-corrected chi connectivity index (χ1v) is 6.81. The highest BCUT2D eigenvalue weighted by Gasteiger charge is 2.01. The Hall–Kier alpha value is -0.290. The molecule has 0 fully saturated rings. The lowest BCUT2D eigenvalue weighted by atomic mass is 10.4. The highest BCUT2D eigenvalue weighted by atomic mass is 79.9. The maximum atomic E-state index is 5.84. The van der Waals surface area contributed by atoms with E-state index < -0.39 is 0 Å². The molecular weight excluding hydrogens is 331 g/mol. The summed E-state index contributed by atoms with van der Waals surface area (Å²) in [5.41, 5.74) is 0.917. The number of nitrogens with zero attached hydrogens (tertiary/aromatic N) is 1. The molecule has 2 nitrogen and oxygen atoms in total. The van der Waals surface area contributed by atoms with Gasteiger partial charge in [0.2, 0.25) is 0 Å². The van der Waals surface area contributed by atoms with E-state index >= 15 is 0 Å². The number of hydrogen-bond acceptors (Lipinski definition) is 3. The lowest BCUT2D eigenvalue weighted by molar-refractivity contribution is 1.17. The lowest BCUT2D eigenvalue weighted by Gasteiger charge is -2.05. The quantitative estimate of drug-likeness (QED) is 0.812. The zero-order chi connectivity index (χ0) is 11.5. The van der Waals surface area contributed by atoms with Gasteiger partial charge >= 0.3 is 0 Å². The van der Waals surface area contributed by atoms with Crippen LogP contribution in [0.1, 0.15) is 4.88 Å². The van der Waals surface area contributed by atoms with Crippen molar-refractivity contribution in [2.75, 3.05) is 5.32 Å². The second kappa shape index (κ2) is 5.36. The van der Waals surface area contributed by atoms with Crippen molar-refractivity contribution in [3.8, 4) is 0 Å². The lowest BCUT2D eigenvalue weighted by Crippen LogP contribution is -1.97. The third-order valence-electron chi connectivity index (χ3n) is 1.89. The zero-order valence-electron chi connectivity index (χ0n) is 8.01. The van der Waals surface area contributed by atoms with Crippen molar-refractivity contribution in [3.05, 3.63) is 43.2 Å². The molecule has 1 N–H and O–H groups in total. The van der Waals surface area contributed by atoms with Crippen LogP contribution in [0, 0.1) is 0 Å². The second-order valence-corrected chi connectivity index (χ2v) is 6.07. The first kappa shape index (κ1) is 12.2. The Morgan fingerprint density at radius 3 is 2.81 bits per heavy atom. The molecule has 0 bridgehead atoms. The summed E-state index contributed by atoms with van der Waals surface area (Å²) in [6.45, 7) is 0.729. The number of aromatic nitrogens is 1. The molecular formula is C10H7BrCl2N2S. The summed E-state index contributed by atoms with van der Waals surface area (Å²) in [6, 6.07) is 5.78. The summed E-state index contributed by atoms with van der Waals surface area (Å²) in [4.78, 5) is 5.21. The molecule has 2 heterocycles. The summed E-state index contributed by atoms with van der Waals surface area (Å²) >= 11 is 16.5. The molecule has 0 radical (unpaired) electrons. The van der Waals surface area contributed by atoms with Gasteiger partial charge in [0.25, 0.3) is 0 Å². The molecule has 0 aliphatic carbocycles. The molecule has 2 aromatic rings. The molecule has 0 amide bonds. The van der Waals surface area contributed by atoms with Crippen LogP contribution in [0.5, 0.6) is 0 Å². The van der Waals surface area contributed by atoms with Gasteiger partial charge in [-0.15, -0.1) is 11.3 Å². The Kier molecular flexibility index (Phi) is 4.08. The van der Waals surface area contributed by atoms with Gasteiger partial charge < -0.3 is 5.32 Å². The normalized spacial score (nSPS) is 10.4. The largest absolute Gasteiger partial charge is 0.379 e. The number of pyridine rings is 1. The summed E-state index contributed by atoms with van der Waals surface area (Å²) in [6.07, 6.45) is 1.70. The smallest absolute Gasteiger partial charge is 0.143 e. The minimum atomic E-state index is 0.463. The maximum absolute atomic E-state index is 5.84. The van der Waals surface area contributed by atoms with Crippen LogP contribution in [0.3, 0.4) is 0 Å². The van der Waals surface area contributed by atoms with E-state index in [0.717, 1.165) is 21.0 Å². The minimum Gasteiger partial charge on any atom is -0.379 e. The van der Waals surface area contributed by atoms with Crippen LogP contribution in [0.15, 0.2) is 28.9 Å². The number of halogens is 3. The fourth-order valence-electron chi connectivity index (χ4n) is 1.15. The second-order valence-electron chi connectivity index (χ2n) is 3.06. The molecule has 84 valence electrons. The number of rotatable bonds is 3. The molecule has 16 heavy (non-hydrogen) atoms. The van der Waals surface area contributed by atoms with Gasteiger partial charge in [-0.3, -0.25) is 0 Å². The minimum absolute atomic E-state index is 0.463. The summed E-state index contributed by atoms with van der Waals surface area (Å²) < 4.78 is 1.58. The van der Waals surface area contributed by atoms with Crippen molar-refractivity contribution in [1.82, 2.24) is 4.98 Å². The average molecular weight is 338 g/mol. The van der Waals surface area contributed by atoms with Crippen molar-refractivity contribution < 1.29 is 0 Å². The third kappa shape index (κ3) is 3.10. The molecule has 0 unspecified atom stereocenters. The van der Waals surface area contributed by atoms with Crippen molar-refractivity contribution in [2.45, 2.75) is 6.54 Å². The topological polar surface area (TPSA) is 24.9 Å². The molecule has 0 aliphatic heterocycles. The van der Waals surface area contributed by atoms with Gasteiger partial charge in [0.1, 0.15) is 5.15 Å². The van der Waals surface area contributed by atoms with E-state index in [2.05, 4.69) is 26.2 Å². The van der Waals surface area contributed by atoms with E-state index in [4.69, 9.17) is 23.2 Å². The van der Waals surface area contributed by atoms with Crippen LogP contribution in [0.2, 0.25) is 9.49 Å². The first-order chi connectivity index (χ1) is 7.65. The number of hydrogen-bond donors (Lipinski definition) is 1. The summed E-state index contributed by atoms with van der Waals surface area (Å²) in [5, 5.41) is 3.71. The fourth-order valence-corrected chi connectivity index (χ4v) is 2.63. The highest BCUT2D eigenvalue weighted by Crippen LogP contribution is 2.25. The fraction of sp³-hybridized carbons (Fsp3) is 0.100. The molecule has 0 saturated carbocycles. The monoisotopic (exact) mass is 336 g/mol. The van der Waals surface area contributed by atoms with Crippen molar-refractivity contribution >= 4 is 56.2 Å². The van der Waals surface area contributed by atoms with Crippen LogP contribution in [0.4, 0.5) is 5.69 Å². The van der Waals surface area contributed by atoms with Gasteiger partial charge in [-0.05, 0) is 34.1 Å². The number of thiophene rings is 1. The van der Waals surface area contributed by atoms with Gasteiger partial charge in [-0.2, -0.15) is 0 Å². The van der Waals surface area contributed by atoms with Gasteiger partial charge in [0.15, 0.2) is 0 Å². The van der Waals surface area contributed by atoms with Crippen LogP contribution in [-0.2, 0) is 6.54 Å². The average Bonchev–Trinajstić information content (AvgIpc) is 2.66. The SMILES string of the molecule is Clc1ccc(CNc2cnc(Cl)c(Br)c2)s1. The Bertz CT molecular complexity index is 501. The third-order valence-corrected chi connectivity index (χ3v) is 4.26. The Balaban J connectivity index is 2.02. The molecule has 6 heteroatoms. The summed E-state index contributed by atoms with van der Waals surface area (Å²) in [5.74, 6) is 0. The van der Waals surface area contributed by atoms with Crippen LogP contribution in [0.25, 0.3) is 0 Å². The van der Waals surface area contributed by atoms with E-state index in [0.29, 0.717) is 5.15 Å². The Morgan fingerprint density at radius 1 is 1.38 bits per heavy atom. The van der Waals surface area contributed by atoms with Crippen LogP contribution < -0.4 is 5.32 Å². The van der Waals surface area contributed by atoms with Crippen LogP contribution in [-0.4, -0.2) is 4.98 Å². The van der Waals surface area contributed by atoms with Gasteiger partial charge in [-0.1, -0.05) is 23.2 Å². The number of anilines is 1. The predicted octanol–water partition coefficient (Wildman–Crippen LogP) is 4.82. The van der Waals surface area contributed by atoms with E-state index in [-0.39, 0.29) is 0 Å². The number of nitrogens with one attached hydrogen (secondary N) is 1. The molecule has 0 atom stereocenters. The first-order valence-electron chi connectivity index (χ1n) is 4.44. The van der Waals surface area contributed by atoms with Crippen molar-refractivity contribution in [2.24, 2.45) is 0 Å². The standard InChI is InChI=1S/C10H7BrCl2N2S/c11-8-3-6(4-15-10(8)13)14-5-7-1-2-9(12)16-7/h1-4,14H,5H2. The molecule has 0 aliphatic rings. The Labute approximate surface area is 116 Å². The van der Waals surface area contributed by atoms with E-state index in [1.54, 1.807) is 17.5 Å². The van der Waals surface area contributed by atoms with E-state index in [1.807, 2.05) is 18.2 Å². The maximum Gasteiger partial charge on any atom is 0.143 e. The van der Waals surface area contributed by atoms with Gasteiger partial charge in [0.05, 0.1) is 20.7 Å². The molecule has 0 aromatic carbocycles. The Morgan fingerprint density at radius 2 is 2.19 bits per heavy atom. The van der Waals surface area contributed by atoms with Gasteiger partial charge in [-0.25, -0.2) is 4.98 Å². The van der Waals surface area contributed by atoms with Crippen molar-refractivity contribution in [1.29, 1.82) is 0 Å². The summed E-state index contributed by atoms with van der Waals surface area (Å²) in [7, 11) is 0. The van der Waals surface area contributed by atoms with E-state index in [1.165, 1.54) is 4.88 Å². The van der Waals surface area contributed by atoms with Gasteiger partial charge in [0, 0.05) is 11.4 Å². The van der Waals surface area contributed by atoms with Crippen LogP contribution >= 0.6 is 50.5 Å². The highest BCUT2D eigenvalue weighted by molar-refractivity contribution is 9.10. The zero-order valence-corrected chi connectivity index (χ0v) is 11.9. The van der Waals surface area contributed by atoms with E-state index in [9.17, 15) is 0 Å². The molecule has 0 saturated heterocycles.